The molecule has 8 heteroatoms. The van der Waals surface area contributed by atoms with Crippen LogP contribution in [0.5, 0.6) is 0 Å². The second kappa shape index (κ2) is 8.32. The number of benzene rings is 1. The Hall–Kier alpha value is -0.830. The monoisotopic (exact) mass is 431 g/mol. The van der Waals surface area contributed by atoms with Crippen molar-refractivity contribution in [1.29, 1.82) is 0 Å². The van der Waals surface area contributed by atoms with Crippen molar-refractivity contribution in [3.05, 3.63) is 39.2 Å². The highest BCUT2D eigenvalue weighted by Gasteiger charge is 2.40. The normalized spacial score (nSPS) is 17.8. The molecule has 1 amide bonds. The van der Waals surface area contributed by atoms with Crippen LogP contribution in [0.4, 0.5) is 0 Å². The topological polar surface area (TPSA) is 57.6 Å². The van der Waals surface area contributed by atoms with Gasteiger partial charge in [-0.1, -0.05) is 52.0 Å². The number of nitrogens with zero attached hydrogens (tertiary/aromatic N) is 1. The Bertz CT molecular complexity index is 678. The summed E-state index contributed by atoms with van der Waals surface area (Å²) in [7, 11) is 0. The zero-order chi connectivity index (χ0) is 17.0. The third kappa shape index (κ3) is 4.59. The lowest BCUT2D eigenvalue weighted by molar-refractivity contribution is -0.145. The molecule has 1 fully saturated rings. The van der Waals surface area contributed by atoms with Crippen molar-refractivity contribution in [3.63, 3.8) is 0 Å². The minimum atomic E-state index is -1.03. The molecule has 1 aliphatic heterocycles. The van der Waals surface area contributed by atoms with E-state index in [4.69, 9.17) is 12.2 Å². The van der Waals surface area contributed by atoms with Crippen LogP contribution < -0.4 is 0 Å². The number of aliphatic carboxylic acids is 1. The molecule has 0 aliphatic carbocycles. The second-order valence-corrected chi connectivity index (χ2v) is 8.32. The van der Waals surface area contributed by atoms with E-state index in [1.54, 1.807) is 17.8 Å². The van der Waals surface area contributed by atoms with Crippen molar-refractivity contribution in [2.24, 2.45) is 0 Å². The van der Waals surface area contributed by atoms with Crippen LogP contribution in [0.25, 0.3) is 6.08 Å². The highest BCUT2D eigenvalue weighted by molar-refractivity contribution is 9.10. The van der Waals surface area contributed by atoms with Crippen molar-refractivity contribution in [2.45, 2.75) is 12.5 Å². The van der Waals surface area contributed by atoms with Crippen LogP contribution in [-0.2, 0) is 9.59 Å². The van der Waals surface area contributed by atoms with Gasteiger partial charge in [0.15, 0.2) is 0 Å². The van der Waals surface area contributed by atoms with Crippen molar-refractivity contribution < 1.29 is 14.7 Å². The lowest BCUT2D eigenvalue weighted by atomic mass is 10.2. The van der Waals surface area contributed by atoms with Gasteiger partial charge < -0.3 is 5.11 Å². The summed E-state index contributed by atoms with van der Waals surface area (Å²) in [5, 5.41) is 9.41. The van der Waals surface area contributed by atoms with Crippen LogP contribution in [0, 0.1) is 0 Å². The van der Waals surface area contributed by atoms with E-state index in [1.165, 1.54) is 4.90 Å². The number of hydrogen-bond donors (Lipinski definition) is 1. The second-order valence-electron chi connectivity index (χ2n) is 4.74. The van der Waals surface area contributed by atoms with Gasteiger partial charge in [0.25, 0.3) is 5.91 Å². The summed E-state index contributed by atoms with van der Waals surface area (Å²) in [6.07, 6.45) is 4.00. The summed E-state index contributed by atoms with van der Waals surface area (Å²) in [6.45, 7) is 0. The zero-order valence-corrected chi connectivity index (χ0v) is 16.2. The number of halogens is 1. The maximum absolute atomic E-state index is 12.6. The molecule has 0 bridgehead atoms. The molecule has 1 saturated heterocycles. The number of carboxylic acids is 1. The highest BCUT2D eigenvalue weighted by Crippen LogP contribution is 2.35. The molecule has 122 valence electrons. The quantitative estimate of drug-likeness (QED) is 0.544. The largest absolute Gasteiger partial charge is 0.480 e. The molecule has 0 aromatic heterocycles. The van der Waals surface area contributed by atoms with E-state index in [-0.39, 0.29) is 5.91 Å². The Morgan fingerprint density at radius 1 is 1.57 bits per heavy atom. The number of amides is 1. The molecule has 1 atom stereocenters. The minimum Gasteiger partial charge on any atom is -0.480 e. The molecule has 0 spiro atoms. The van der Waals surface area contributed by atoms with Crippen molar-refractivity contribution >= 4 is 73.9 Å². The summed E-state index contributed by atoms with van der Waals surface area (Å²) in [4.78, 5) is 25.7. The summed E-state index contributed by atoms with van der Waals surface area (Å²) in [5.74, 6) is -0.717. The molecule has 1 N–H and O–H groups in total. The number of rotatable bonds is 6. The molecule has 1 unspecified atom stereocenters. The molecule has 0 saturated carbocycles. The molecule has 1 aliphatic rings. The maximum atomic E-state index is 12.6. The van der Waals surface area contributed by atoms with E-state index in [0.717, 1.165) is 21.8 Å². The molecule has 1 heterocycles. The Labute approximate surface area is 156 Å². The van der Waals surface area contributed by atoms with Crippen molar-refractivity contribution in [3.8, 4) is 0 Å². The Morgan fingerprint density at radius 3 is 2.91 bits per heavy atom. The Morgan fingerprint density at radius 2 is 2.30 bits per heavy atom. The van der Waals surface area contributed by atoms with Gasteiger partial charge in [-0.05, 0) is 42.2 Å². The molecule has 0 radical (unpaired) electrons. The Kier molecular flexibility index (Phi) is 6.70. The summed E-state index contributed by atoms with van der Waals surface area (Å²) >= 11 is 11.3. The van der Waals surface area contributed by atoms with Crippen LogP contribution in [0.2, 0.25) is 0 Å². The fourth-order valence-electron chi connectivity index (χ4n) is 2.09. The standard InChI is InChI=1S/C15H14BrNO3S3/c1-22-6-5-11(14(19)20)17-13(18)12(23-15(17)21)8-9-3-2-4-10(16)7-9/h2-4,7-8,11H,5-6H2,1H3,(H,19,20)/b12-8-. The number of carbonyl (C=O) groups excluding carboxylic acids is 1. The van der Waals surface area contributed by atoms with Crippen LogP contribution in [0.15, 0.2) is 33.6 Å². The van der Waals surface area contributed by atoms with Gasteiger partial charge in [0.1, 0.15) is 10.4 Å². The smallest absolute Gasteiger partial charge is 0.326 e. The molecule has 4 nitrogen and oxygen atoms in total. The van der Waals surface area contributed by atoms with E-state index in [2.05, 4.69) is 15.9 Å². The predicted molar refractivity (Wildman–Crippen MR) is 104 cm³/mol. The van der Waals surface area contributed by atoms with Gasteiger partial charge in [-0.3, -0.25) is 9.69 Å². The van der Waals surface area contributed by atoms with Crippen molar-refractivity contribution in [1.82, 2.24) is 4.90 Å². The first kappa shape index (κ1) is 18.5. The minimum absolute atomic E-state index is 0.296. The molecule has 1 aromatic carbocycles. The highest BCUT2D eigenvalue weighted by atomic mass is 79.9. The molecule has 2 rings (SSSR count). The van der Waals surface area contributed by atoms with Gasteiger partial charge in [0.2, 0.25) is 0 Å². The summed E-state index contributed by atoms with van der Waals surface area (Å²) in [5.41, 5.74) is 0.857. The van der Waals surface area contributed by atoms with Crippen molar-refractivity contribution in [2.75, 3.05) is 12.0 Å². The lowest BCUT2D eigenvalue weighted by Crippen LogP contribution is -2.44. The van der Waals surface area contributed by atoms with Crippen LogP contribution in [0.3, 0.4) is 0 Å². The number of thioether (sulfide) groups is 2. The van der Waals surface area contributed by atoms with Gasteiger partial charge in [0.05, 0.1) is 4.91 Å². The molecular formula is C15H14BrNO3S3. The van der Waals surface area contributed by atoms with Crippen LogP contribution in [-0.4, -0.2) is 44.3 Å². The van der Waals surface area contributed by atoms with Crippen LogP contribution >= 0.6 is 51.7 Å². The average Bonchev–Trinajstić information content (AvgIpc) is 2.75. The SMILES string of the molecule is CSCCC(C(=O)O)N1C(=O)/C(=C/c2cccc(Br)c2)SC1=S. The van der Waals surface area contributed by atoms with E-state index in [1.807, 2.05) is 30.5 Å². The third-order valence-electron chi connectivity index (χ3n) is 3.16. The first-order valence-electron chi connectivity index (χ1n) is 6.68. The number of carbonyl (C=O) groups is 2. The predicted octanol–water partition coefficient (Wildman–Crippen LogP) is 3.86. The van der Waals surface area contributed by atoms with Gasteiger partial charge in [-0.2, -0.15) is 11.8 Å². The summed E-state index contributed by atoms with van der Waals surface area (Å²) in [6, 6.07) is 6.61. The molecular weight excluding hydrogens is 418 g/mol. The van der Waals surface area contributed by atoms with E-state index >= 15 is 0 Å². The van der Waals surface area contributed by atoms with Gasteiger partial charge in [-0.25, -0.2) is 4.79 Å². The van der Waals surface area contributed by atoms with E-state index < -0.39 is 12.0 Å². The number of thiocarbonyl (C=S) groups is 1. The first-order chi connectivity index (χ1) is 10.9. The third-order valence-corrected chi connectivity index (χ3v) is 5.63. The molecule has 1 aromatic rings. The van der Waals surface area contributed by atoms with E-state index in [0.29, 0.717) is 21.4 Å². The zero-order valence-electron chi connectivity index (χ0n) is 12.2. The fraction of sp³-hybridized carbons (Fsp3) is 0.267. The van der Waals surface area contributed by atoms with Gasteiger partial charge >= 0.3 is 5.97 Å². The molecule has 23 heavy (non-hydrogen) atoms. The first-order valence-corrected chi connectivity index (χ1v) is 10.1. The number of carboxylic acid groups (broad SMARTS) is 1. The van der Waals surface area contributed by atoms with E-state index in [9.17, 15) is 14.7 Å². The van der Waals surface area contributed by atoms with Crippen LogP contribution in [0.1, 0.15) is 12.0 Å². The van der Waals surface area contributed by atoms with Gasteiger partial charge in [0, 0.05) is 4.47 Å². The summed E-state index contributed by atoms with van der Waals surface area (Å²) < 4.78 is 1.20. The maximum Gasteiger partial charge on any atom is 0.326 e. The van der Waals surface area contributed by atoms with Gasteiger partial charge in [-0.15, -0.1) is 0 Å². The lowest BCUT2D eigenvalue weighted by Gasteiger charge is -2.22. The average molecular weight is 432 g/mol. The fourth-order valence-corrected chi connectivity index (χ4v) is 4.32. The Balaban J connectivity index is 2.26. The number of hydrogen-bond acceptors (Lipinski definition) is 5.